The number of carbonyl (C=O) groups is 1. The topological polar surface area (TPSA) is 43.1 Å². The molecule has 1 aliphatic rings. The minimum atomic E-state index is -4.75. The number of Topliss-reactive ketones (excluding diaryl/α,β-unsaturated/α-hetero) is 1. The van der Waals surface area contributed by atoms with Crippen molar-refractivity contribution in [2.75, 3.05) is 0 Å². The van der Waals surface area contributed by atoms with E-state index in [1.54, 1.807) is 12.1 Å². The van der Waals surface area contributed by atoms with Gasteiger partial charge in [-0.15, -0.1) is 0 Å². The number of nitrogens with two attached hydrogens (primary N) is 1. The van der Waals surface area contributed by atoms with Crippen LogP contribution in [0.4, 0.5) is 13.2 Å². The van der Waals surface area contributed by atoms with Gasteiger partial charge in [-0.1, -0.05) is 24.6 Å². The van der Waals surface area contributed by atoms with Gasteiger partial charge in [-0.25, -0.2) is 0 Å². The highest BCUT2D eigenvalue weighted by molar-refractivity contribution is 6.03. The minimum Gasteiger partial charge on any atom is -0.311 e. The molecule has 0 aliphatic heterocycles. The molecule has 0 saturated heterocycles. The summed E-state index contributed by atoms with van der Waals surface area (Å²) in [5, 5.41) is 0. The predicted molar refractivity (Wildman–Crippen MR) is 66.0 cm³/mol. The minimum absolute atomic E-state index is 0.0340. The molecule has 1 aliphatic carbocycles. The van der Waals surface area contributed by atoms with E-state index in [2.05, 4.69) is 0 Å². The molecule has 104 valence electrons. The van der Waals surface area contributed by atoms with Crippen LogP contribution in [0.3, 0.4) is 0 Å². The second-order valence-electron chi connectivity index (χ2n) is 5.28. The largest absolute Gasteiger partial charge is 0.413 e. The van der Waals surface area contributed by atoms with E-state index in [1.807, 2.05) is 6.07 Å². The molecule has 2 N–H and O–H groups in total. The molecule has 1 aromatic rings. The van der Waals surface area contributed by atoms with E-state index in [-0.39, 0.29) is 5.56 Å². The molecule has 0 amide bonds. The molecule has 2 rings (SSSR count). The van der Waals surface area contributed by atoms with Crippen molar-refractivity contribution in [1.29, 1.82) is 0 Å². The number of alkyl halides is 3. The van der Waals surface area contributed by atoms with Crippen LogP contribution in [0, 0.1) is 0 Å². The van der Waals surface area contributed by atoms with Crippen LogP contribution >= 0.6 is 0 Å². The van der Waals surface area contributed by atoms with Gasteiger partial charge in [0.2, 0.25) is 0 Å². The van der Waals surface area contributed by atoms with Crippen LogP contribution in [-0.2, 0) is 0 Å². The van der Waals surface area contributed by atoms with E-state index < -0.39 is 17.5 Å². The van der Waals surface area contributed by atoms with Crippen molar-refractivity contribution >= 4 is 5.78 Å². The van der Waals surface area contributed by atoms with Gasteiger partial charge in [0, 0.05) is 5.56 Å². The third-order valence-corrected chi connectivity index (χ3v) is 3.79. The summed E-state index contributed by atoms with van der Waals surface area (Å²) in [5.41, 5.74) is 3.29. The Bertz CT molecular complexity index is 490. The van der Waals surface area contributed by atoms with Crippen LogP contribution in [0.2, 0.25) is 0 Å². The molecule has 0 radical (unpaired) electrons. The lowest BCUT2D eigenvalue weighted by Gasteiger charge is -2.28. The quantitative estimate of drug-likeness (QED) is 0.856. The number of hydrogen-bond acceptors (Lipinski definition) is 2. The Morgan fingerprint density at radius 2 is 1.95 bits per heavy atom. The average Bonchev–Trinajstić information content (AvgIpc) is 2.24. The van der Waals surface area contributed by atoms with Crippen molar-refractivity contribution in [2.45, 2.75) is 43.8 Å². The zero-order valence-corrected chi connectivity index (χ0v) is 10.6. The molecular formula is C14H16F3NO. The molecule has 1 fully saturated rings. The van der Waals surface area contributed by atoms with Crippen molar-refractivity contribution in [3.63, 3.8) is 0 Å². The summed E-state index contributed by atoms with van der Waals surface area (Å²) in [6, 6.07) is 6.40. The third kappa shape index (κ3) is 2.52. The van der Waals surface area contributed by atoms with Crippen molar-refractivity contribution < 1.29 is 18.0 Å². The summed E-state index contributed by atoms with van der Waals surface area (Å²) in [6.07, 6.45) is -1.58. The van der Waals surface area contributed by atoms with E-state index in [1.165, 1.54) is 6.07 Å². The number of benzene rings is 1. The van der Waals surface area contributed by atoms with E-state index in [9.17, 15) is 18.0 Å². The molecule has 0 heterocycles. The van der Waals surface area contributed by atoms with Crippen LogP contribution in [0.5, 0.6) is 0 Å². The SMILES string of the molecule is CC(N)(C(=O)c1cccc(C2CCC2)c1)C(F)(F)F. The molecule has 1 atom stereocenters. The molecule has 0 spiro atoms. The second-order valence-corrected chi connectivity index (χ2v) is 5.28. The van der Waals surface area contributed by atoms with Crippen LogP contribution in [0.1, 0.15) is 48.0 Å². The smallest absolute Gasteiger partial charge is 0.311 e. The Labute approximate surface area is 109 Å². The van der Waals surface area contributed by atoms with Gasteiger partial charge in [0.1, 0.15) is 0 Å². The highest BCUT2D eigenvalue weighted by atomic mass is 19.4. The maximum absolute atomic E-state index is 12.8. The zero-order chi connectivity index (χ0) is 14.3. The van der Waals surface area contributed by atoms with Gasteiger partial charge in [-0.2, -0.15) is 13.2 Å². The van der Waals surface area contributed by atoms with Crippen molar-refractivity contribution in [2.24, 2.45) is 5.73 Å². The molecule has 0 aromatic heterocycles. The molecule has 1 saturated carbocycles. The highest BCUT2D eigenvalue weighted by Gasteiger charge is 2.53. The Hall–Kier alpha value is -1.36. The zero-order valence-electron chi connectivity index (χ0n) is 10.6. The molecule has 1 unspecified atom stereocenters. The van der Waals surface area contributed by atoms with Crippen molar-refractivity contribution in [3.05, 3.63) is 35.4 Å². The molecule has 2 nitrogen and oxygen atoms in total. The normalized spacial score (nSPS) is 19.6. The van der Waals surface area contributed by atoms with Gasteiger partial charge >= 0.3 is 6.18 Å². The Morgan fingerprint density at radius 1 is 1.32 bits per heavy atom. The fourth-order valence-electron chi connectivity index (χ4n) is 2.10. The summed E-state index contributed by atoms with van der Waals surface area (Å²) in [5.74, 6) is -0.719. The Kier molecular flexibility index (Phi) is 3.43. The van der Waals surface area contributed by atoms with E-state index in [0.717, 1.165) is 24.8 Å². The average molecular weight is 271 g/mol. The van der Waals surface area contributed by atoms with E-state index in [4.69, 9.17) is 5.73 Å². The highest BCUT2D eigenvalue weighted by Crippen LogP contribution is 2.37. The number of hydrogen-bond donors (Lipinski definition) is 1. The van der Waals surface area contributed by atoms with Crippen molar-refractivity contribution in [3.8, 4) is 0 Å². The lowest BCUT2D eigenvalue weighted by atomic mass is 9.79. The summed E-state index contributed by atoms with van der Waals surface area (Å²) < 4.78 is 38.3. The fourth-order valence-corrected chi connectivity index (χ4v) is 2.10. The Morgan fingerprint density at radius 3 is 2.42 bits per heavy atom. The monoisotopic (exact) mass is 271 g/mol. The van der Waals surface area contributed by atoms with Gasteiger partial charge < -0.3 is 5.73 Å². The first-order chi connectivity index (χ1) is 8.73. The number of rotatable bonds is 3. The maximum Gasteiger partial charge on any atom is 0.413 e. The maximum atomic E-state index is 12.8. The third-order valence-electron chi connectivity index (χ3n) is 3.79. The van der Waals surface area contributed by atoms with Crippen LogP contribution in [-0.4, -0.2) is 17.5 Å². The molecular weight excluding hydrogens is 255 g/mol. The van der Waals surface area contributed by atoms with Crippen LogP contribution < -0.4 is 5.73 Å². The van der Waals surface area contributed by atoms with E-state index >= 15 is 0 Å². The van der Waals surface area contributed by atoms with Gasteiger partial charge in [0.15, 0.2) is 11.3 Å². The molecule has 5 heteroatoms. The lowest BCUT2D eigenvalue weighted by molar-refractivity contribution is -0.165. The summed E-state index contributed by atoms with van der Waals surface area (Å²) in [6.45, 7) is 0.714. The predicted octanol–water partition coefficient (Wildman–Crippen LogP) is 3.42. The first-order valence-corrected chi connectivity index (χ1v) is 6.24. The second kappa shape index (κ2) is 4.63. The van der Waals surface area contributed by atoms with Gasteiger partial charge in [-0.3, -0.25) is 4.79 Å². The number of carbonyl (C=O) groups excluding carboxylic acids is 1. The van der Waals surface area contributed by atoms with E-state index in [0.29, 0.717) is 12.8 Å². The first-order valence-electron chi connectivity index (χ1n) is 6.24. The summed E-state index contributed by atoms with van der Waals surface area (Å²) in [4.78, 5) is 11.9. The van der Waals surface area contributed by atoms with Crippen LogP contribution in [0.15, 0.2) is 24.3 Å². The van der Waals surface area contributed by atoms with Crippen LogP contribution in [0.25, 0.3) is 0 Å². The number of ketones is 1. The molecule has 1 aromatic carbocycles. The van der Waals surface area contributed by atoms with Gasteiger partial charge in [0.05, 0.1) is 0 Å². The molecule has 19 heavy (non-hydrogen) atoms. The first kappa shape index (κ1) is 14.1. The number of halogens is 3. The fraction of sp³-hybridized carbons (Fsp3) is 0.500. The van der Waals surface area contributed by atoms with Crippen molar-refractivity contribution in [1.82, 2.24) is 0 Å². The van der Waals surface area contributed by atoms with Gasteiger partial charge in [0.25, 0.3) is 0 Å². The summed E-state index contributed by atoms with van der Waals surface area (Å²) in [7, 11) is 0. The Balaban J connectivity index is 2.29. The van der Waals surface area contributed by atoms with Gasteiger partial charge in [-0.05, 0) is 37.3 Å². The lowest BCUT2D eigenvalue weighted by Crippen LogP contribution is -2.57. The molecule has 0 bridgehead atoms. The summed E-state index contributed by atoms with van der Waals surface area (Å²) >= 11 is 0. The standard InChI is InChI=1S/C14H16F3NO/c1-13(18,14(15,16)17)12(19)11-7-3-6-10(8-11)9-4-2-5-9/h3,6-9H,2,4-5,18H2,1H3.